The van der Waals surface area contributed by atoms with E-state index >= 15 is 0 Å². The molecule has 23 heavy (non-hydrogen) atoms. The number of aliphatic carboxylic acids is 1. The number of non-ortho nitro benzene ring substituents is 1. The van der Waals surface area contributed by atoms with Gasteiger partial charge in [0.05, 0.1) is 10.8 Å². The van der Waals surface area contributed by atoms with Crippen molar-refractivity contribution in [1.29, 1.82) is 0 Å². The number of carboxylic acid groups (broad SMARTS) is 1. The molecular weight excluding hydrogens is 346 g/mol. The highest BCUT2D eigenvalue weighted by molar-refractivity contribution is 6.35. The smallest absolute Gasteiger partial charge is 0.310 e. The summed E-state index contributed by atoms with van der Waals surface area (Å²) in [5.74, 6) is -1.71. The van der Waals surface area contributed by atoms with E-state index in [-0.39, 0.29) is 28.0 Å². The number of carbonyl (C=O) groups is 1. The maximum Gasteiger partial charge on any atom is 0.310 e. The van der Waals surface area contributed by atoms with Crippen molar-refractivity contribution in [2.45, 2.75) is 19.3 Å². The lowest BCUT2D eigenvalue weighted by Gasteiger charge is -2.11. The normalized spacial score (nSPS) is 12.0. The summed E-state index contributed by atoms with van der Waals surface area (Å²) in [6.45, 7) is 1.44. The number of hydrogen-bond donors (Lipinski definition) is 1. The topological polar surface area (TPSA) is 106 Å². The van der Waals surface area contributed by atoms with Crippen LogP contribution in [0.4, 0.5) is 5.69 Å². The summed E-state index contributed by atoms with van der Waals surface area (Å²) in [6.07, 6.45) is 0.263. The van der Waals surface area contributed by atoms with Gasteiger partial charge in [-0.05, 0) is 12.5 Å². The lowest BCUT2D eigenvalue weighted by Crippen LogP contribution is -2.11. The summed E-state index contributed by atoms with van der Waals surface area (Å²) in [7, 11) is 0. The number of aromatic nitrogens is 2. The Morgan fingerprint density at radius 3 is 2.22 bits per heavy atom. The SMILES string of the molecule is CC(C(=O)O)c1c(Cl)nc(Cc2ccc([N+](=O)[O-])c[13cH]2)nc1Cl. The molecular formula is C14H11Cl2N3O4. The molecule has 1 N–H and O–H groups in total. The number of nitro groups is 1. The molecule has 0 saturated carbocycles. The van der Waals surface area contributed by atoms with Gasteiger partial charge in [0, 0.05) is 24.1 Å². The zero-order valence-corrected chi connectivity index (χ0v) is 13.4. The van der Waals surface area contributed by atoms with Crippen LogP contribution < -0.4 is 0 Å². The standard InChI is InChI=1S/C14H11Cl2N3O4/c1-7(14(20)21)11-12(15)17-10(18-13(11)16)6-8-2-4-9(5-3-8)19(22)23/h2-5,7H,6H2,1H3,(H,20,21)/i2+1. The van der Waals surface area contributed by atoms with E-state index in [9.17, 15) is 14.9 Å². The van der Waals surface area contributed by atoms with Crippen LogP contribution in [-0.4, -0.2) is 26.0 Å². The number of rotatable bonds is 5. The molecule has 0 aliphatic carbocycles. The Morgan fingerprint density at radius 1 is 1.26 bits per heavy atom. The Labute approximate surface area is 141 Å². The fourth-order valence-electron chi connectivity index (χ4n) is 1.94. The maximum atomic E-state index is 11.0. The van der Waals surface area contributed by atoms with Crippen LogP contribution in [0.2, 0.25) is 10.3 Å². The van der Waals surface area contributed by atoms with Crippen molar-refractivity contribution in [2.75, 3.05) is 0 Å². The van der Waals surface area contributed by atoms with E-state index in [0.717, 1.165) is 5.56 Å². The predicted molar refractivity (Wildman–Crippen MR) is 84.0 cm³/mol. The second-order valence-electron chi connectivity index (χ2n) is 4.80. The molecule has 1 aromatic heterocycles. The van der Waals surface area contributed by atoms with Gasteiger partial charge in [0.2, 0.25) is 0 Å². The van der Waals surface area contributed by atoms with Crippen LogP contribution in [0.1, 0.15) is 29.8 Å². The van der Waals surface area contributed by atoms with Crippen molar-refractivity contribution < 1.29 is 14.8 Å². The molecule has 2 aromatic rings. The second kappa shape index (κ2) is 6.89. The Kier molecular flexibility index (Phi) is 5.12. The van der Waals surface area contributed by atoms with Gasteiger partial charge in [0.1, 0.15) is 16.1 Å². The maximum absolute atomic E-state index is 11.0. The molecule has 1 heterocycles. The molecule has 7 nitrogen and oxygen atoms in total. The van der Waals surface area contributed by atoms with Gasteiger partial charge in [-0.15, -0.1) is 0 Å². The average molecular weight is 357 g/mol. The second-order valence-corrected chi connectivity index (χ2v) is 5.51. The third kappa shape index (κ3) is 3.94. The fourth-order valence-corrected chi connectivity index (χ4v) is 2.68. The van der Waals surface area contributed by atoms with Gasteiger partial charge in [0.25, 0.3) is 5.69 Å². The minimum absolute atomic E-state index is 0.0168. The molecule has 0 bridgehead atoms. The zero-order valence-electron chi connectivity index (χ0n) is 11.9. The molecule has 0 radical (unpaired) electrons. The molecule has 0 amide bonds. The minimum atomic E-state index is -1.08. The Hall–Kier alpha value is -2.25. The van der Waals surface area contributed by atoms with Crippen molar-refractivity contribution in [3.05, 3.63) is 61.6 Å². The van der Waals surface area contributed by atoms with Crippen LogP contribution in [0.15, 0.2) is 24.3 Å². The van der Waals surface area contributed by atoms with Gasteiger partial charge >= 0.3 is 5.97 Å². The summed E-state index contributed by atoms with van der Waals surface area (Å²) in [6, 6.07) is 5.91. The molecule has 2 rings (SSSR count). The molecule has 0 aliphatic heterocycles. The van der Waals surface area contributed by atoms with Crippen LogP contribution in [-0.2, 0) is 11.2 Å². The van der Waals surface area contributed by atoms with Crippen molar-refractivity contribution in [2.24, 2.45) is 0 Å². The van der Waals surface area contributed by atoms with Gasteiger partial charge in [-0.25, -0.2) is 9.97 Å². The third-order valence-corrected chi connectivity index (χ3v) is 3.79. The summed E-state index contributed by atoms with van der Waals surface area (Å²) < 4.78 is 0. The van der Waals surface area contributed by atoms with Crippen LogP contribution >= 0.6 is 23.2 Å². The van der Waals surface area contributed by atoms with E-state index in [0.29, 0.717) is 5.82 Å². The van der Waals surface area contributed by atoms with E-state index in [4.69, 9.17) is 28.3 Å². The summed E-state index contributed by atoms with van der Waals surface area (Å²) in [5.41, 5.74) is 0.881. The number of benzene rings is 1. The van der Waals surface area contributed by atoms with E-state index in [1.54, 1.807) is 12.1 Å². The van der Waals surface area contributed by atoms with E-state index in [2.05, 4.69) is 9.97 Å². The lowest BCUT2D eigenvalue weighted by atomic mass is 10.1. The Balaban J connectivity index is 2.28. The van der Waals surface area contributed by atoms with Crippen molar-refractivity contribution in [3.63, 3.8) is 0 Å². The summed E-state index contributed by atoms with van der Waals surface area (Å²) >= 11 is 12.0. The van der Waals surface area contributed by atoms with Crippen LogP contribution in [0.5, 0.6) is 0 Å². The van der Waals surface area contributed by atoms with Crippen LogP contribution in [0.25, 0.3) is 0 Å². The average Bonchev–Trinajstić information content (AvgIpc) is 2.46. The highest BCUT2D eigenvalue weighted by atomic mass is 35.5. The van der Waals surface area contributed by atoms with Gasteiger partial charge in [-0.3, -0.25) is 14.9 Å². The molecule has 1 unspecified atom stereocenters. The van der Waals surface area contributed by atoms with Crippen molar-refractivity contribution in [3.8, 4) is 0 Å². The molecule has 9 heteroatoms. The first kappa shape index (κ1) is 17.1. The van der Waals surface area contributed by atoms with Gasteiger partial charge in [-0.1, -0.05) is 35.3 Å². The molecule has 120 valence electrons. The van der Waals surface area contributed by atoms with Gasteiger partial charge in [-0.2, -0.15) is 0 Å². The lowest BCUT2D eigenvalue weighted by molar-refractivity contribution is -0.384. The molecule has 1 aromatic carbocycles. The van der Waals surface area contributed by atoms with Gasteiger partial charge in [0.15, 0.2) is 0 Å². The van der Waals surface area contributed by atoms with E-state index < -0.39 is 16.8 Å². The third-order valence-electron chi connectivity index (χ3n) is 3.21. The number of nitrogens with zero attached hydrogens (tertiary/aromatic N) is 3. The monoisotopic (exact) mass is 356 g/mol. The van der Waals surface area contributed by atoms with Crippen LogP contribution in [0.3, 0.4) is 0 Å². The Morgan fingerprint density at radius 2 is 1.78 bits per heavy atom. The number of hydrogen-bond acceptors (Lipinski definition) is 5. The molecule has 1 atom stereocenters. The van der Waals surface area contributed by atoms with Crippen molar-refractivity contribution in [1.82, 2.24) is 9.97 Å². The fraction of sp³-hybridized carbons (Fsp3) is 0.214. The van der Waals surface area contributed by atoms with Crippen molar-refractivity contribution >= 4 is 34.9 Å². The van der Waals surface area contributed by atoms with Crippen LogP contribution in [0, 0.1) is 10.1 Å². The minimum Gasteiger partial charge on any atom is -0.481 e. The zero-order chi connectivity index (χ0) is 17.1. The highest BCUT2D eigenvalue weighted by Crippen LogP contribution is 2.29. The highest BCUT2D eigenvalue weighted by Gasteiger charge is 2.23. The van der Waals surface area contributed by atoms with E-state index in [1.807, 2.05) is 0 Å². The number of halogens is 2. The largest absolute Gasteiger partial charge is 0.481 e. The number of nitro benzene ring substituents is 1. The molecule has 0 aliphatic rings. The quantitative estimate of drug-likeness (QED) is 0.499. The summed E-state index contributed by atoms with van der Waals surface area (Å²) in [4.78, 5) is 29.3. The predicted octanol–water partition coefficient (Wildman–Crippen LogP) is 3.47. The molecule has 0 fully saturated rings. The summed E-state index contributed by atoms with van der Waals surface area (Å²) in [5, 5.41) is 19.6. The first-order valence-electron chi connectivity index (χ1n) is 6.47. The molecule has 0 spiro atoms. The van der Waals surface area contributed by atoms with Gasteiger partial charge < -0.3 is 5.11 Å². The Bertz CT molecular complexity index is 742. The van der Waals surface area contributed by atoms with E-state index in [1.165, 1.54) is 19.1 Å². The first-order valence-corrected chi connectivity index (χ1v) is 7.23. The first-order chi connectivity index (χ1) is 10.8. The number of carboxylic acids is 1. The molecule has 0 saturated heterocycles.